The maximum absolute atomic E-state index is 14.7. The van der Waals surface area contributed by atoms with Gasteiger partial charge in [0.2, 0.25) is 0 Å². The minimum Gasteiger partial charge on any atom is -0.711 e. The number of aromatic nitrogens is 3. The van der Waals surface area contributed by atoms with Crippen molar-refractivity contribution in [3.8, 4) is 6.07 Å². The highest BCUT2D eigenvalue weighted by Crippen LogP contribution is 2.48. The number of carbonyl (C=O) groups is 1. The third-order valence-electron chi connectivity index (χ3n) is 6.05. The first-order chi connectivity index (χ1) is 17.6. The highest BCUT2D eigenvalue weighted by molar-refractivity contribution is 7.75. The molecule has 2 aromatic carbocycles. The summed E-state index contributed by atoms with van der Waals surface area (Å²) in [5.74, 6) is -0.410. The van der Waals surface area contributed by atoms with E-state index in [0.29, 0.717) is 37.1 Å². The summed E-state index contributed by atoms with van der Waals surface area (Å²) in [5, 5.41) is 22.6. The van der Waals surface area contributed by atoms with E-state index in [1.165, 1.54) is 30.5 Å². The van der Waals surface area contributed by atoms with Crippen LogP contribution in [0.25, 0.3) is 10.9 Å². The standard InChI is InChI=1S/C26H25ClN5O4P/c1-16(2)19-7-17(11-28)8-21(9-19)37(35,36-4)25-22-10-20(27)5-6-23(22)30-24(25)26(33)31(3)13-18-12-29-15-32(34)14-18/h5-10,12,14-16,30H,13H2,1-4H3. The molecule has 0 aliphatic heterocycles. The summed E-state index contributed by atoms with van der Waals surface area (Å²) in [6, 6.07) is 12.1. The second kappa shape index (κ2) is 10.3. The van der Waals surface area contributed by atoms with Crippen LogP contribution in [0.3, 0.4) is 0 Å². The molecular weight excluding hydrogens is 513 g/mol. The molecule has 0 fully saturated rings. The molecule has 0 saturated heterocycles. The van der Waals surface area contributed by atoms with Crippen LogP contribution in [-0.2, 0) is 15.6 Å². The van der Waals surface area contributed by atoms with Gasteiger partial charge in [-0.15, -0.1) is 0 Å². The summed E-state index contributed by atoms with van der Waals surface area (Å²) >= 11 is 6.30. The molecule has 4 rings (SSSR count). The third-order valence-corrected chi connectivity index (χ3v) is 8.80. The molecule has 11 heteroatoms. The number of carbonyl (C=O) groups excluding carboxylic acids is 1. The van der Waals surface area contributed by atoms with Crippen LogP contribution in [0.4, 0.5) is 0 Å². The van der Waals surface area contributed by atoms with Crippen LogP contribution >= 0.6 is 19.0 Å². The molecule has 2 heterocycles. The van der Waals surface area contributed by atoms with Gasteiger partial charge in [-0.2, -0.15) is 5.26 Å². The average molecular weight is 538 g/mol. The fourth-order valence-electron chi connectivity index (χ4n) is 4.18. The molecule has 9 nitrogen and oxygen atoms in total. The van der Waals surface area contributed by atoms with Crippen molar-refractivity contribution in [3.05, 3.63) is 87.7 Å². The van der Waals surface area contributed by atoms with Gasteiger partial charge < -0.3 is 19.6 Å². The first kappa shape index (κ1) is 26.4. The number of halogens is 1. The lowest BCUT2D eigenvalue weighted by atomic mass is 10.0. The van der Waals surface area contributed by atoms with Gasteiger partial charge in [-0.3, -0.25) is 9.36 Å². The molecule has 190 valence electrons. The van der Waals surface area contributed by atoms with Crippen LogP contribution in [0, 0.1) is 16.5 Å². The number of amides is 1. The summed E-state index contributed by atoms with van der Waals surface area (Å²) in [5.41, 5.74) is 2.29. The summed E-state index contributed by atoms with van der Waals surface area (Å²) < 4.78 is 21.0. The fraction of sp³-hybridized carbons (Fsp3) is 0.231. The van der Waals surface area contributed by atoms with E-state index in [1.54, 1.807) is 37.4 Å². The van der Waals surface area contributed by atoms with E-state index in [-0.39, 0.29) is 23.5 Å². The van der Waals surface area contributed by atoms with Crippen molar-refractivity contribution in [3.63, 3.8) is 0 Å². The number of nitrogens with zero attached hydrogens (tertiary/aromatic N) is 4. The van der Waals surface area contributed by atoms with Gasteiger partial charge in [0.05, 0.1) is 29.0 Å². The van der Waals surface area contributed by atoms with Gasteiger partial charge in [0.25, 0.3) is 19.6 Å². The average Bonchev–Trinajstić information content (AvgIpc) is 3.26. The summed E-state index contributed by atoms with van der Waals surface area (Å²) in [7, 11) is -1.02. The zero-order valence-electron chi connectivity index (χ0n) is 20.7. The largest absolute Gasteiger partial charge is 0.711 e. The Labute approximate surface area is 219 Å². The van der Waals surface area contributed by atoms with Crippen molar-refractivity contribution in [1.82, 2.24) is 14.9 Å². The van der Waals surface area contributed by atoms with E-state index < -0.39 is 13.3 Å². The van der Waals surface area contributed by atoms with Gasteiger partial charge in [-0.05, 0) is 47.9 Å². The van der Waals surface area contributed by atoms with Crippen molar-refractivity contribution in [2.75, 3.05) is 14.2 Å². The second-order valence-electron chi connectivity index (χ2n) is 8.97. The monoisotopic (exact) mass is 537 g/mol. The molecule has 0 aliphatic carbocycles. The topological polar surface area (TPSA) is 126 Å². The Bertz CT molecular complexity index is 1590. The van der Waals surface area contributed by atoms with E-state index in [4.69, 9.17) is 16.1 Å². The quantitative estimate of drug-likeness (QED) is 0.216. The Morgan fingerprint density at radius 2 is 2.08 bits per heavy atom. The molecule has 1 unspecified atom stereocenters. The zero-order chi connectivity index (χ0) is 26.9. The Morgan fingerprint density at radius 1 is 1.32 bits per heavy atom. The summed E-state index contributed by atoms with van der Waals surface area (Å²) in [6.07, 6.45) is 3.93. The van der Waals surface area contributed by atoms with Crippen LogP contribution in [-0.4, -0.2) is 34.9 Å². The number of nitriles is 1. The van der Waals surface area contributed by atoms with Crippen LogP contribution in [0.1, 0.15) is 46.9 Å². The van der Waals surface area contributed by atoms with Crippen LogP contribution in [0.15, 0.2) is 55.1 Å². The first-order valence-corrected chi connectivity index (χ1v) is 13.4. The maximum Gasteiger partial charge on any atom is 0.289 e. The fourth-order valence-corrected chi connectivity index (χ4v) is 6.58. The number of rotatable bonds is 7. The highest BCUT2D eigenvalue weighted by atomic mass is 35.5. The SMILES string of the molecule is COP(=O)(c1cc(C#N)cc(C(C)C)c1)c1c(C(=O)N(C)Cc2cnc[n+]([O-])c2)[nH]c2ccc(Cl)cc12. The molecule has 0 bridgehead atoms. The molecule has 2 aromatic heterocycles. The van der Waals surface area contributed by atoms with E-state index in [2.05, 4.69) is 16.0 Å². The molecule has 0 spiro atoms. The summed E-state index contributed by atoms with van der Waals surface area (Å²) in [6.45, 7) is 4.03. The van der Waals surface area contributed by atoms with Crippen molar-refractivity contribution in [1.29, 1.82) is 5.26 Å². The molecule has 0 radical (unpaired) electrons. The molecule has 0 aliphatic rings. The minimum atomic E-state index is -3.91. The van der Waals surface area contributed by atoms with Gasteiger partial charge in [0.15, 0.2) is 0 Å². The molecule has 37 heavy (non-hydrogen) atoms. The van der Waals surface area contributed by atoms with E-state index >= 15 is 0 Å². The first-order valence-electron chi connectivity index (χ1n) is 11.4. The van der Waals surface area contributed by atoms with Crippen molar-refractivity contribution >= 4 is 46.4 Å². The number of hydrogen-bond acceptors (Lipinski definition) is 6. The maximum atomic E-state index is 14.7. The molecule has 0 saturated carbocycles. The number of hydrogen-bond donors (Lipinski definition) is 1. The number of H-pyrrole nitrogens is 1. The van der Waals surface area contributed by atoms with Gasteiger partial charge in [0, 0.05) is 35.4 Å². The Kier molecular flexibility index (Phi) is 7.37. The predicted octanol–water partition coefficient (Wildman–Crippen LogP) is 3.99. The lowest BCUT2D eigenvalue weighted by Gasteiger charge is -2.22. The Balaban J connectivity index is 1.92. The van der Waals surface area contributed by atoms with Crippen LogP contribution in [0.5, 0.6) is 0 Å². The molecule has 1 N–H and O–H groups in total. The van der Waals surface area contributed by atoms with E-state index in [0.717, 1.165) is 11.9 Å². The van der Waals surface area contributed by atoms with Crippen molar-refractivity contribution < 1.29 is 18.6 Å². The van der Waals surface area contributed by atoms with Gasteiger partial charge in [-0.25, -0.2) is 4.73 Å². The van der Waals surface area contributed by atoms with E-state index in [9.17, 15) is 19.8 Å². The lowest BCUT2D eigenvalue weighted by Crippen LogP contribution is -2.33. The van der Waals surface area contributed by atoms with E-state index in [1.807, 2.05) is 13.8 Å². The number of nitrogens with one attached hydrogen (secondary N) is 1. The number of fused-ring (bicyclic) bond motifs is 1. The molecule has 1 atom stereocenters. The highest BCUT2D eigenvalue weighted by Gasteiger charge is 2.37. The zero-order valence-corrected chi connectivity index (χ0v) is 22.4. The van der Waals surface area contributed by atoms with Crippen LogP contribution < -0.4 is 15.3 Å². The second-order valence-corrected chi connectivity index (χ2v) is 11.8. The van der Waals surface area contributed by atoms with Crippen molar-refractivity contribution in [2.24, 2.45) is 0 Å². The van der Waals surface area contributed by atoms with Crippen LogP contribution in [0.2, 0.25) is 5.02 Å². The lowest BCUT2D eigenvalue weighted by molar-refractivity contribution is -0.609. The predicted molar refractivity (Wildman–Crippen MR) is 141 cm³/mol. The smallest absolute Gasteiger partial charge is 0.289 e. The van der Waals surface area contributed by atoms with Crippen molar-refractivity contribution in [2.45, 2.75) is 26.3 Å². The Hall–Kier alpha value is -3.70. The van der Waals surface area contributed by atoms with Gasteiger partial charge >= 0.3 is 0 Å². The Morgan fingerprint density at radius 3 is 2.73 bits per heavy atom. The van der Waals surface area contributed by atoms with Gasteiger partial charge in [-0.1, -0.05) is 30.4 Å². The molecular formula is C26H25ClN5O4P. The molecule has 4 aromatic rings. The minimum absolute atomic E-state index is 0.0604. The normalized spacial score (nSPS) is 12.9. The number of aromatic amines is 1. The van der Waals surface area contributed by atoms with Gasteiger partial charge in [0.1, 0.15) is 18.1 Å². The molecule has 1 amide bonds. The third kappa shape index (κ3) is 5.09. The number of benzene rings is 2. The summed E-state index contributed by atoms with van der Waals surface area (Å²) in [4.78, 5) is 22.1.